The predicted molar refractivity (Wildman–Crippen MR) is 87.1 cm³/mol. The highest BCUT2D eigenvalue weighted by atomic mass is 15.4. The summed E-state index contributed by atoms with van der Waals surface area (Å²) in [6, 6.07) is 0.541. The number of hydrogen-bond donors (Lipinski definition) is 1. The average molecular weight is 292 g/mol. The summed E-state index contributed by atoms with van der Waals surface area (Å²) in [5.41, 5.74) is 1.59. The molecule has 0 radical (unpaired) electrons. The maximum Gasteiger partial charge on any atom is 0.0842 e. The van der Waals surface area contributed by atoms with Crippen molar-refractivity contribution < 1.29 is 0 Å². The molecule has 120 valence electrons. The van der Waals surface area contributed by atoms with E-state index in [2.05, 4.69) is 42.6 Å². The van der Waals surface area contributed by atoms with Gasteiger partial charge in [0.05, 0.1) is 5.69 Å². The third kappa shape index (κ3) is 4.29. The molecule has 0 bridgehead atoms. The molecule has 0 spiro atoms. The second-order valence-electron chi connectivity index (χ2n) is 7.26. The fourth-order valence-corrected chi connectivity index (χ4v) is 4.11. The summed E-state index contributed by atoms with van der Waals surface area (Å²) in [6.45, 7) is 8.07. The highest BCUT2D eigenvalue weighted by molar-refractivity contribution is 5.03. The molecule has 1 fully saturated rings. The van der Waals surface area contributed by atoms with Gasteiger partial charge in [0.1, 0.15) is 0 Å². The standard InChI is InChI=1S/C17H32N4/c1-5-10-18-16(11-15-13-21(4)20-19-15)17(12-14(2)3)8-6-7-9-17/h13-14,16,18H,5-12H2,1-4H3. The molecule has 1 heterocycles. The predicted octanol–water partition coefficient (Wildman–Crippen LogP) is 3.33. The van der Waals surface area contributed by atoms with Crippen LogP contribution in [-0.4, -0.2) is 27.6 Å². The molecule has 1 aliphatic carbocycles. The van der Waals surface area contributed by atoms with E-state index in [0.717, 1.165) is 24.6 Å². The first-order valence-electron chi connectivity index (χ1n) is 8.64. The molecule has 0 aliphatic heterocycles. The number of nitrogens with one attached hydrogen (secondary N) is 1. The first-order chi connectivity index (χ1) is 10.1. The van der Waals surface area contributed by atoms with Gasteiger partial charge in [-0.05, 0) is 43.6 Å². The molecule has 0 amide bonds. The number of aryl methyl sites for hydroxylation is 1. The Kier molecular flexibility index (Phi) is 5.80. The highest BCUT2D eigenvalue weighted by Crippen LogP contribution is 2.46. The third-order valence-electron chi connectivity index (χ3n) is 4.86. The molecular weight excluding hydrogens is 260 g/mol. The van der Waals surface area contributed by atoms with Crippen molar-refractivity contribution in [1.82, 2.24) is 20.3 Å². The summed E-state index contributed by atoms with van der Waals surface area (Å²) in [4.78, 5) is 0. The van der Waals surface area contributed by atoms with Crippen molar-refractivity contribution in [3.05, 3.63) is 11.9 Å². The van der Waals surface area contributed by atoms with E-state index in [1.54, 1.807) is 0 Å². The van der Waals surface area contributed by atoms with Crippen LogP contribution < -0.4 is 5.32 Å². The molecule has 21 heavy (non-hydrogen) atoms. The van der Waals surface area contributed by atoms with Crippen LogP contribution in [0.25, 0.3) is 0 Å². The smallest absolute Gasteiger partial charge is 0.0842 e. The van der Waals surface area contributed by atoms with Crippen LogP contribution in [-0.2, 0) is 13.5 Å². The Morgan fingerprint density at radius 1 is 1.33 bits per heavy atom. The maximum absolute atomic E-state index is 4.32. The Bertz CT molecular complexity index is 418. The van der Waals surface area contributed by atoms with Crippen molar-refractivity contribution in [2.75, 3.05) is 6.54 Å². The van der Waals surface area contributed by atoms with Crippen molar-refractivity contribution in [3.8, 4) is 0 Å². The topological polar surface area (TPSA) is 42.7 Å². The third-order valence-corrected chi connectivity index (χ3v) is 4.86. The first kappa shape index (κ1) is 16.5. The SMILES string of the molecule is CCCNC(Cc1cn(C)nn1)C1(CC(C)C)CCCC1. The minimum absolute atomic E-state index is 0.459. The van der Waals surface area contributed by atoms with E-state index in [-0.39, 0.29) is 0 Å². The van der Waals surface area contributed by atoms with Gasteiger partial charge in [-0.15, -0.1) is 5.10 Å². The van der Waals surface area contributed by atoms with Gasteiger partial charge in [0.2, 0.25) is 0 Å². The Morgan fingerprint density at radius 2 is 2.05 bits per heavy atom. The van der Waals surface area contributed by atoms with Gasteiger partial charge in [-0.2, -0.15) is 0 Å². The van der Waals surface area contributed by atoms with Gasteiger partial charge in [-0.3, -0.25) is 4.68 Å². The van der Waals surface area contributed by atoms with Gasteiger partial charge in [-0.1, -0.05) is 38.8 Å². The maximum atomic E-state index is 4.32. The van der Waals surface area contributed by atoms with Crippen molar-refractivity contribution in [1.29, 1.82) is 0 Å². The molecular formula is C17H32N4. The van der Waals surface area contributed by atoms with Gasteiger partial charge >= 0.3 is 0 Å². The summed E-state index contributed by atoms with van der Waals surface area (Å²) in [5, 5.41) is 12.3. The van der Waals surface area contributed by atoms with Crippen molar-refractivity contribution >= 4 is 0 Å². The lowest BCUT2D eigenvalue weighted by Gasteiger charge is -2.39. The summed E-state index contributed by atoms with van der Waals surface area (Å²) >= 11 is 0. The molecule has 4 heteroatoms. The summed E-state index contributed by atoms with van der Waals surface area (Å²) in [5.74, 6) is 0.760. The molecule has 1 aromatic rings. The molecule has 0 saturated heterocycles. The first-order valence-corrected chi connectivity index (χ1v) is 8.64. The van der Waals surface area contributed by atoms with E-state index in [4.69, 9.17) is 0 Å². The largest absolute Gasteiger partial charge is 0.313 e. The highest BCUT2D eigenvalue weighted by Gasteiger charge is 2.41. The minimum Gasteiger partial charge on any atom is -0.313 e. The zero-order chi connectivity index (χ0) is 15.3. The van der Waals surface area contributed by atoms with Crippen LogP contribution in [0, 0.1) is 11.3 Å². The van der Waals surface area contributed by atoms with E-state index in [1.165, 1.54) is 38.5 Å². The summed E-state index contributed by atoms with van der Waals surface area (Å²) in [7, 11) is 1.95. The van der Waals surface area contributed by atoms with Gasteiger partial charge in [0.15, 0.2) is 0 Å². The Hall–Kier alpha value is -0.900. The van der Waals surface area contributed by atoms with Crippen LogP contribution in [0.15, 0.2) is 6.20 Å². The molecule has 1 N–H and O–H groups in total. The average Bonchev–Trinajstić information content (AvgIpc) is 3.04. The van der Waals surface area contributed by atoms with Crippen LogP contribution in [0.3, 0.4) is 0 Å². The summed E-state index contributed by atoms with van der Waals surface area (Å²) < 4.78 is 1.82. The van der Waals surface area contributed by atoms with Gasteiger partial charge < -0.3 is 5.32 Å². The van der Waals surface area contributed by atoms with Crippen molar-refractivity contribution in [2.24, 2.45) is 18.4 Å². The van der Waals surface area contributed by atoms with E-state index in [0.29, 0.717) is 11.5 Å². The van der Waals surface area contributed by atoms with Crippen LogP contribution in [0.2, 0.25) is 0 Å². The lowest BCUT2D eigenvalue weighted by atomic mass is 9.71. The second kappa shape index (κ2) is 7.39. The minimum atomic E-state index is 0.459. The molecule has 2 rings (SSSR count). The molecule has 1 atom stereocenters. The fourth-order valence-electron chi connectivity index (χ4n) is 4.11. The monoisotopic (exact) mass is 292 g/mol. The number of aromatic nitrogens is 3. The zero-order valence-electron chi connectivity index (χ0n) is 14.2. The van der Waals surface area contributed by atoms with Crippen LogP contribution in [0.1, 0.15) is 65.0 Å². The van der Waals surface area contributed by atoms with E-state index >= 15 is 0 Å². The Balaban J connectivity index is 2.15. The lowest BCUT2D eigenvalue weighted by Crippen LogP contribution is -2.46. The molecule has 1 aliphatic rings. The van der Waals surface area contributed by atoms with E-state index in [1.807, 2.05) is 11.7 Å². The quantitative estimate of drug-likeness (QED) is 0.799. The van der Waals surface area contributed by atoms with E-state index < -0.39 is 0 Å². The Labute approximate surface area is 129 Å². The zero-order valence-corrected chi connectivity index (χ0v) is 14.2. The normalized spacial score (nSPS) is 19.3. The molecule has 1 aromatic heterocycles. The molecule has 1 saturated carbocycles. The van der Waals surface area contributed by atoms with Gasteiger partial charge in [-0.25, -0.2) is 0 Å². The number of rotatable bonds is 8. The molecule has 0 aromatic carbocycles. The van der Waals surface area contributed by atoms with Gasteiger partial charge in [0.25, 0.3) is 0 Å². The lowest BCUT2D eigenvalue weighted by molar-refractivity contribution is 0.153. The van der Waals surface area contributed by atoms with E-state index in [9.17, 15) is 0 Å². The van der Waals surface area contributed by atoms with Gasteiger partial charge in [0, 0.05) is 25.7 Å². The van der Waals surface area contributed by atoms with Crippen molar-refractivity contribution in [2.45, 2.75) is 71.8 Å². The Morgan fingerprint density at radius 3 is 2.57 bits per heavy atom. The molecule has 4 nitrogen and oxygen atoms in total. The van der Waals surface area contributed by atoms with Crippen LogP contribution >= 0.6 is 0 Å². The number of nitrogens with zero attached hydrogens (tertiary/aromatic N) is 3. The molecule has 1 unspecified atom stereocenters. The van der Waals surface area contributed by atoms with Crippen LogP contribution in [0.4, 0.5) is 0 Å². The summed E-state index contributed by atoms with van der Waals surface area (Å²) in [6.07, 6.45) is 11.1. The number of hydrogen-bond acceptors (Lipinski definition) is 3. The van der Waals surface area contributed by atoms with Crippen molar-refractivity contribution in [3.63, 3.8) is 0 Å². The fraction of sp³-hybridized carbons (Fsp3) is 0.882. The van der Waals surface area contributed by atoms with Crippen LogP contribution in [0.5, 0.6) is 0 Å². The second-order valence-corrected chi connectivity index (χ2v) is 7.26.